The van der Waals surface area contributed by atoms with Gasteiger partial charge in [0.25, 0.3) is 5.91 Å². The van der Waals surface area contributed by atoms with Crippen molar-refractivity contribution in [1.29, 1.82) is 0 Å². The van der Waals surface area contributed by atoms with Crippen molar-refractivity contribution in [2.45, 2.75) is 71.4 Å². The first-order chi connectivity index (χ1) is 17.3. The van der Waals surface area contributed by atoms with E-state index in [4.69, 9.17) is 4.74 Å². The summed E-state index contributed by atoms with van der Waals surface area (Å²) in [7, 11) is 1.81. The van der Waals surface area contributed by atoms with E-state index in [2.05, 4.69) is 28.6 Å². The molecule has 2 aliphatic heterocycles. The molecule has 1 aromatic heterocycles. The minimum absolute atomic E-state index is 0.0701. The minimum Gasteiger partial charge on any atom is -0.472 e. The van der Waals surface area contributed by atoms with E-state index in [1.54, 1.807) is 22.1 Å². The summed E-state index contributed by atoms with van der Waals surface area (Å²) in [5.41, 5.74) is 1.00. The number of amides is 2. The number of likely N-dealkylation sites (tertiary alicyclic amines) is 1. The Bertz CT molecular complexity index is 951. The summed E-state index contributed by atoms with van der Waals surface area (Å²) in [6.07, 6.45) is 7.18. The highest BCUT2D eigenvalue weighted by atomic mass is 16.5. The van der Waals surface area contributed by atoms with Gasteiger partial charge in [-0.05, 0) is 45.3 Å². The van der Waals surface area contributed by atoms with Crippen molar-refractivity contribution in [3.63, 3.8) is 0 Å². The first-order valence-corrected chi connectivity index (χ1v) is 13.4. The predicted octanol–water partition coefficient (Wildman–Crippen LogP) is 2.79. The van der Waals surface area contributed by atoms with Crippen molar-refractivity contribution in [1.82, 2.24) is 19.7 Å². The molecule has 8 nitrogen and oxygen atoms in total. The van der Waals surface area contributed by atoms with Gasteiger partial charge in [0.2, 0.25) is 11.8 Å². The molecule has 0 bridgehead atoms. The monoisotopic (exact) mass is 498 g/mol. The SMILES string of the molecule is CCCC#Cc1cnc2c(c1)C(=O)N([C@@H](C)CO)C[C@@H](C)[C@@H](CN(C)C(=O)CCN1CCCCC1)O2. The minimum atomic E-state index is -0.356. The van der Waals surface area contributed by atoms with Crippen LogP contribution in [-0.4, -0.2) is 95.1 Å². The number of likely N-dealkylation sites (N-methyl/N-ethyl adjacent to an activating group) is 1. The number of rotatable bonds is 8. The molecule has 1 saturated heterocycles. The van der Waals surface area contributed by atoms with Gasteiger partial charge in [-0.25, -0.2) is 4.98 Å². The number of hydrogen-bond donors (Lipinski definition) is 1. The Morgan fingerprint density at radius 1 is 1.33 bits per heavy atom. The lowest BCUT2D eigenvalue weighted by molar-refractivity contribution is -0.131. The Balaban J connectivity index is 1.78. The van der Waals surface area contributed by atoms with Crippen LogP contribution in [0.5, 0.6) is 5.88 Å². The molecule has 1 fully saturated rings. The van der Waals surface area contributed by atoms with Crippen LogP contribution in [0.1, 0.15) is 75.2 Å². The first kappa shape index (κ1) is 27.9. The van der Waals surface area contributed by atoms with Gasteiger partial charge in [-0.2, -0.15) is 0 Å². The second-order valence-electron chi connectivity index (χ2n) is 10.2. The van der Waals surface area contributed by atoms with Crippen LogP contribution < -0.4 is 4.74 Å². The van der Waals surface area contributed by atoms with Gasteiger partial charge in [-0.3, -0.25) is 9.59 Å². The molecular formula is C28H42N4O4. The number of pyridine rings is 1. The summed E-state index contributed by atoms with van der Waals surface area (Å²) in [6.45, 7) is 9.49. The second-order valence-corrected chi connectivity index (χ2v) is 10.2. The molecule has 1 aromatic rings. The topological polar surface area (TPSA) is 86.2 Å². The normalized spacial score (nSPS) is 21.4. The lowest BCUT2D eigenvalue weighted by Crippen LogP contribution is -2.50. The molecule has 3 heterocycles. The first-order valence-electron chi connectivity index (χ1n) is 13.4. The van der Waals surface area contributed by atoms with E-state index in [-0.39, 0.29) is 42.4 Å². The number of aliphatic hydroxyl groups is 1. The maximum Gasteiger partial charge on any atom is 0.259 e. The molecule has 8 heteroatoms. The van der Waals surface area contributed by atoms with Crippen LogP contribution in [-0.2, 0) is 4.79 Å². The van der Waals surface area contributed by atoms with Crippen LogP contribution in [0, 0.1) is 17.8 Å². The van der Waals surface area contributed by atoms with Crippen LogP contribution in [0.4, 0.5) is 0 Å². The molecular weight excluding hydrogens is 456 g/mol. The van der Waals surface area contributed by atoms with E-state index in [0.717, 1.165) is 32.5 Å². The van der Waals surface area contributed by atoms with Gasteiger partial charge in [0.05, 0.1) is 19.2 Å². The number of hydrogen-bond acceptors (Lipinski definition) is 6. The third-order valence-corrected chi connectivity index (χ3v) is 7.10. The average Bonchev–Trinajstić information content (AvgIpc) is 2.89. The molecule has 3 rings (SSSR count). The molecule has 0 aromatic carbocycles. The van der Waals surface area contributed by atoms with E-state index < -0.39 is 0 Å². The number of carbonyl (C=O) groups is 2. The molecule has 198 valence electrons. The van der Waals surface area contributed by atoms with Gasteiger partial charge in [0.1, 0.15) is 11.7 Å². The number of carbonyl (C=O) groups excluding carboxylic acids is 2. The number of aromatic nitrogens is 1. The van der Waals surface area contributed by atoms with E-state index in [0.29, 0.717) is 30.6 Å². The van der Waals surface area contributed by atoms with Gasteiger partial charge in [-0.15, -0.1) is 0 Å². The molecule has 1 N–H and O–H groups in total. The van der Waals surface area contributed by atoms with E-state index in [1.807, 2.05) is 20.9 Å². The fraction of sp³-hybridized carbons (Fsp3) is 0.679. The fourth-order valence-electron chi connectivity index (χ4n) is 4.68. The molecule has 2 amide bonds. The highest BCUT2D eigenvalue weighted by molar-refractivity contribution is 5.97. The van der Waals surface area contributed by atoms with Crippen LogP contribution in [0.3, 0.4) is 0 Å². The fourth-order valence-corrected chi connectivity index (χ4v) is 4.68. The van der Waals surface area contributed by atoms with Crippen LogP contribution in [0.15, 0.2) is 12.3 Å². The zero-order valence-corrected chi connectivity index (χ0v) is 22.3. The Morgan fingerprint density at radius 3 is 2.78 bits per heavy atom. The summed E-state index contributed by atoms with van der Waals surface area (Å²) < 4.78 is 6.30. The molecule has 0 unspecified atom stereocenters. The summed E-state index contributed by atoms with van der Waals surface area (Å²) in [5.74, 6) is 6.21. The summed E-state index contributed by atoms with van der Waals surface area (Å²) in [4.78, 5) is 36.6. The molecule has 36 heavy (non-hydrogen) atoms. The van der Waals surface area contributed by atoms with Crippen molar-refractivity contribution < 1.29 is 19.4 Å². The Morgan fingerprint density at radius 2 is 2.08 bits per heavy atom. The predicted molar refractivity (Wildman–Crippen MR) is 140 cm³/mol. The Kier molecular flexibility index (Phi) is 10.6. The summed E-state index contributed by atoms with van der Waals surface area (Å²) in [6, 6.07) is 1.37. The van der Waals surface area contributed by atoms with Gasteiger partial charge in [0.15, 0.2) is 0 Å². The van der Waals surface area contributed by atoms with E-state index in [1.165, 1.54) is 19.3 Å². The van der Waals surface area contributed by atoms with Gasteiger partial charge >= 0.3 is 0 Å². The summed E-state index contributed by atoms with van der Waals surface area (Å²) in [5, 5.41) is 9.83. The molecule has 3 atom stereocenters. The number of unbranched alkanes of at least 4 members (excludes halogenated alkanes) is 1. The molecule has 0 saturated carbocycles. The van der Waals surface area contributed by atoms with Gasteiger partial charge in [-0.1, -0.05) is 32.1 Å². The molecule has 0 radical (unpaired) electrons. The zero-order chi connectivity index (χ0) is 26.1. The maximum atomic E-state index is 13.5. The van der Waals surface area contributed by atoms with Crippen molar-refractivity contribution in [2.75, 3.05) is 46.4 Å². The second kappa shape index (κ2) is 13.6. The zero-order valence-electron chi connectivity index (χ0n) is 22.3. The molecule has 0 aliphatic carbocycles. The number of piperidine rings is 1. The van der Waals surface area contributed by atoms with E-state index in [9.17, 15) is 14.7 Å². The van der Waals surface area contributed by atoms with Gasteiger partial charge < -0.3 is 24.5 Å². The van der Waals surface area contributed by atoms with Crippen LogP contribution in [0.25, 0.3) is 0 Å². The van der Waals surface area contributed by atoms with Crippen LogP contribution >= 0.6 is 0 Å². The number of ether oxygens (including phenoxy) is 1. The third kappa shape index (κ3) is 7.44. The van der Waals surface area contributed by atoms with Crippen molar-refractivity contribution in [3.05, 3.63) is 23.4 Å². The number of aliphatic hydroxyl groups excluding tert-OH is 1. The summed E-state index contributed by atoms with van der Waals surface area (Å²) >= 11 is 0. The average molecular weight is 499 g/mol. The number of nitrogens with zero attached hydrogens (tertiary/aromatic N) is 4. The highest BCUT2D eigenvalue weighted by Gasteiger charge is 2.34. The third-order valence-electron chi connectivity index (χ3n) is 7.10. The Hall–Kier alpha value is -2.63. The maximum absolute atomic E-state index is 13.5. The highest BCUT2D eigenvalue weighted by Crippen LogP contribution is 2.27. The van der Waals surface area contributed by atoms with Crippen molar-refractivity contribution >= 4 is 11.8 Å². The standard InChI is InChI=1S/C28H42N4O4/c1-5-6-8-11-23-16-24-27(29-17-23)36-25(21(2)18-32(28(24)35)22(3)20-33)19-30(4)26(34)12-15-31-13-9-7-10-14-31/h16-17,21-22,25,33H,5-7,9-10,12-15,18-20H2,1-4H3/t21-,22+,25-/m1/s1. The van der Waals surface area contributed by atoms with Crippen LogP contribution in [0.2, 0.25) is 0 Å². The lowest BCUT2D eigenvalue weighted by atomic mass is 9.99. The lowest BCUT2D eigenvalue weighted by Gasteiger charge is -2.37. The van der Waals surface area contributed by atoms with Crippen molar-refractivity contribution in [3.8, 4) is 17.7 Å². The van der Waals surface area contributed by atoms with Crippen molar-refractivity contribution in [2.24, 2.45) is 5.92 Å². The Labute approximate surface area is 216 Å². The largest absolute Gasteiger partial charge is 0.472 e. The molecule has 0 spiro atoms. The van der Waals surface area contributed by atoms with Gasteiger partial charge in [0, 0.05) is 50.7 Å². The quantitative estimate of drug-likeness (QED) is 0.555. The number of fused-ring (bicyclic) bond motifs is 1. The smallest absolute Gasteiger partial charge is 0.259 e. The van der Waals surface area contributed by atoms with E-state index >= 15 is 0 Å². The molecule has 2 aliphatic rings.